The van der Waals surface area contributed by atoms with E-state index < -0.39 is 39.8 Å². The smallest absolute Gasteiger partial charge is 0.466 e. The van der Waals surface area contributed by atoms with Crippen LogP contribution in [0.1, 0.15) is 105 Å². The van der Waals surface area contributed by atoms with Crippen molar-refractivity contribution in [3.63, 3.8) is 0 Å². The molecule has 1 aliphatic rings. The standard InChI is InChI=1S/C41H82N2O9SSi4/c1-15-17-30-56(13,14)52-57(50-54(7,8)9,51-55(10,11)12)31-20-26-48-38(46)22-23-41(6)33-36(32-40(4,5)34-41)42-39(47)49-27-25-43(35(3)44)24-19-29-53-28-18-21-37(45)16-2/h16,36H,2,15,17-34H2,1,3-14H3,(H,42,47). The number of carbonyl (C=O) groups excluding carboxylic acids is 4. The maximum absolute atomic E-state index is 13.1. The summed E-state index contributed by atoms with van der Waals surface area (Å²) in [5.74, 6) is 1.59. The van der Waals surface area contributed by atoms with Crippen molar-refractivity contribution >= 4 is 69.3 Å². The highest BCUT2D eigenvalue weighted by Gasteiger charge is 2.50. The molecular weight excluding hydrogens is 809 g/mol. The van der Waals surface area contributed by atoms with Gasteiger partial charge in [-0.05, 0) is 132 Å². The van der Waals surface area contributed by atoms with Gasteiger partial charge in [-0.2, -0.15) is 11.8 Å². The van der Waals surface area contributed by atoms with Gasteiger partial charge in [0.05, 0.1) is 13.2 Å². The van der Waals surface area contributed by atoms with Crippen molar-refractivity contribution in [2.75, 3.05) is 37.8 Å². The number of esters is 1. The van der Waals surface area contributed by atoms with Gasteiger partial charge in [0.25, 0.3) is 0 Å². The summed E-state index contributed by atoms with van der Waals surface area (Å²) < 4.78 is 32.2. The first kappa shape index (κ1) is 53.7. The molecule has 0 aromatic rings. The molecule has 332 valence electrons. The van der Waals surface area contributed by atoms with Crippen LogP contribution in [-0.4, -0.2) is 106 Å². The third-order valence-electron chi connectivity index (χ3n) is 9.77. The maximum Gasteiger partial charge on any atom is 0.469 e. The summed E-state index contributed by atoms with van der Waals surface area (Å²) in [7, 11) is -9.10. The lowest BCUT2D eigenvalue weighted by atomic mass is 9.61. The Bertz CT molecular complexity index is 1260. The van der Waals surface area contributed by atoms with Crippen LogP contribution < -0.4 is 5.32 Å². The molecule has 0 radical (unpaired) electrons. The Kier molecular flexibility index (Phi) is 23.4. The van der Waals surface area contributed by atoms with E-state index in [0.29, 0.717) is 51.4 Å². The van der Waals surface area contributed by atoms with Crippen molar-refractivity contribution < 1.29 is 41.0 Å². The van der Waals surface area contributed by atoms with Crippen LogP contribution >= 0.6 is 11.8 Å². The Balaban J connectivity index is 2.69. The Labute approximate surface area is 356 Å². The molecule has 11 nitrogen and oxygen atoms in total. The molecule has 0 bridgehead atoms. The minimum Gasteiger partial charge on any atom is -0.466 e. The number of thioether (sulfide) groups is 1. The molecular formula is C41H82N2O9SSi4. The maximum atomic E-state index is 13.1. The zero-order chi connectivity index (χ0) is 43.6. The summed E-state index contributed by atoms with van der Waals surface area (Å²) in [6, 6.07) is 1.61. The molecule has 1 rings (SSSR count). The number of amides is 2. The number of alkyl carbamates (subject to hydrolysis) is 1. The second-order valence-electron chi connectivity index (χ2n) is 19.7. The second kappa shape index (κ2) is 24.8. The van der Waals surface area contributed by atoms with Crippen LogP contribution in [0.5, 0.6) is 0 Å². The van der Waals surface area contributed by atoms with Crippen LogP contribution in [-0.2, 0) is 36.2 Å². The summed E-state index contributed by atoms with van der Waals surface area (Å²) in [5.41, 5.74) is -0.196. The summed E-state index contributed by atoms with van der Waals surface area (Å²) in [5, 5.41) is 3.08. The molecule has 0 spiro atoms. The van der Waals surface area contributed by atoms with Gasteiger partial charge in [0.1, 0.15) is 6.61 Å². The fraction of sp³-hybridized carbons (Fsp3) is 0.854. The lowest BCUT2D eigenvalue weighted by molar-refractivity contribution is -0.144. The van der Waals surface area contributed by atoms with Gasteiger partial charge in [0.2, 0.25) is 5.91 Å². The van der Waals surface area contributed by atoms with Crippen LogP contribution in [0.3, 0.4) is 0 Å². The zero-order valence-electron chi connectivity index (χ0n) is 38.3. The fourth-order valence-electron chi connectivity index (χ4n) is 7.89. The van der Waals surface area contributed by atoms with E-state index in [2.05, 4.69) is 92.0 Å². The third-order valence-corrected chi connectivity index (χ3v) is 24.3. The number of unbranched alkanes of at least 4 members (excludes halogenated alkanes) is 1. The lowest BCUT2D eigenvalue weighted by Crippen LogP contribution is -2.61. The summed E-state index contributed by atoms with van der Waals surface area (Å²) >= 11 is 1.77. The predicted octanol–water partition coefficient (Wildman–Crippen LogP) is 10.2. The van der Waals surface area contributed by atoms with Crippen molar-refractivity contribution in [2.24, 2.45) is 10.8 Å². The van der Waals surface area contributed by atoms with E-state index in [-0.39, 0.29) is 41.1 Å². The zero-order valence-corrected chi connectivity index (χ0v) is 43.1. The number of carbonyl (C=O) groups is 4. The second-order valence-corrected chi connectivity index (χ2v) is 37.7. The van der Waals surface area contributed by atoms with E-state index in [0.717, 1.165) is 62.5 Å². The van der Waals surface area contributed by atoms with E-state index >= 15 is 0 Å². The van der Waals surface area contributed by atoms with E-state index in [9.17, 15) is 19.2 Å². The topological polar surface area (TPSA) is 130 Å². The minimum absolute atomic E-state index is 0.0333. The predicted molar refractivity (Wildman–Crippen MR) is 245 cm³/mol. The van der Waals surface area contributed by atoms with E-state index in [1.54, 1.807) is 16.7 Å². The molecule has 0 aromatic carbocycles. The molecule has 57 heavy (non-hydrogen) atoms. The highest BCUT2D eigenvalue weighted by Crippen LogP contribution is 2.48. The Morgan fingerprint density at radius 1 is 0.807 bits per heavy atom. The molecule has 2 unspecified atom stereocenters. The summed E-state index contributed by atoms with van der Waals surface area (Å²) in [6.45, 7) is 32.9. The number of nitrogens with zero attached hydrogens (tertiary/aromatic N) is 1. The molecule has 1 N–H and O–H groups in total. The number of allylic oxidation sites excluding steroid dienone is 1. The number of ether oxygens (including phenoxy) is 2. The number of hydrogen-bond acceptors (Lipinski definition) is 10. The van der Waals surface area contributed by atoms with E-state index in [1.165, 1.54) is 13.0 Å². The Morgan fingerprint density at radius 2 is 1.44 bits per heavy atom. The molecule has 0 aromatic heterocycles. The molecule has 1 fully saturated rings. The van der Waals surface area contributed by atoms with Crippen LogP contribution in [0, 0.1) is 10.8 Å². The van der Waals surface area contributed by atoms with Gasteiger partial charge < -0.3 is 32.0 Å². The normalized spacial score (nSPS) is 18.8. The first-order valence-corrected chi connectivity index (χ1v) is 34.4. The first-order chi connectivity index (χ1) is 26.2. The third kappa shape index (κ3) is 25.2. The van der Waals surface area contributed by atoms with Crippen molar-refractivity contribution in [3.8, 4) is 0 Å². The Morgan fingerprint density at radius 3 is 2.02 bits per heavy atom. The molecule has 2 atom stereocenters. The van der Waals surface area contributed by atoms with Crippen molar-refractivity contribution in [3.05, 3.63) is 12.7 Å². The fourth-order valence-corrected chi connectivity index (χ4v) is 24.7. The largest absolute Gasteiger partial charge is 0.469 e. The molecule has 0 saturated heterocycles. The van der Waals surface area contributed by atoms with Gasteiger partial charge in [0.15, 0.2) is 30.7 Å². The number of ketones is 1. The van der Waals surface area contributed by atoms with Crippen LogP contribution in [0.25, 0.3) is 0 Å². The average molecular weight is 892 g/mol. The molecule has 0 heterocycles. The molecule has 0 aliphatic heterocycles. The van der Waals surface area contributed by atoms with Gasteiger partial charge in [-0.3, -0.25) is 14.4 Å². The highest BCUT2D eigenvalue weighted by atomic mass is 32.2. The van der Waals surface area contributed by atoms with Gasteiger partial charge in [-0.15, -0.1) is 0 Å². The van der Waals surface area contributed by atoms with Gasteiger partial charge >= 0.3 is 20.9 Å². The molecule has 16 heteroatoms. The quantitative estimate of drug-likeness (QED) is 0.0335. The number of rotatable bonds is 29. The average Bonchev–Trinajstić information content (AvgIpc) is 3.04. The van der Waals surface area contributed by atoms with Gasteiger partial charge in [-0.1, -0.05) is 47.1 Å². The van der Waals surface area contributed by atoms with Gasteiger partial charge in [-0.25, -0.2) is 4.79 Å². The number of hydrogen-bond donors (Lipinski definition) is 1. The van der Waals surface area contributed by atoms with E-state index in [4.69, 9.17) is 21.8 Å². The van der Waals surface area contributed by atoms with Crippen LogP contribution in [0.2, 0.25) is 64.5 Å². The summed E-state index contributed by atoms with van der Waals surface area (Å²) in [4.78, 5) is 51.3. The molecule has 1 aliphatic carbocycles. The monoisotopic (exact) mass is 890 g/mol. The van der Waals surface area contributed by atoms with Crippen molar-refractivity contribution in [1.82, 2.24) is 10.2 Å². The van der Waals surface area contributed by atoms with E-state index in [1.807, 2.05) is 0 Å². The lowest BCUT2D eigenvalue weighted by Gasteiger charge is -2.46. The highest BCUT2D eigenvalue weighted by molar-refractivity contribution is 7.99. The molecule has 1 saturated carbocycles. The number of nitrogens with one attached hydrogen (secondary N) is 1. The summed E-state index contributed by atoms with van der Waals surface area (Å²) in [6.07, 6.45) is 9.40. The van der Waals surface area contributed by atoms with Crippen molar-refractivity contribution in [2.45, 2.75) is 176 Å². The first-order valence-electron chi connectivity index (χ1n) is 21.4. The van der Waals surface area contributed by atoms with Crippen molar-refractivity contribution in [1.29, 1.82) is 0 Å². The van der Waals surface area contributed by atoms with Crippen LogP contribution in [0.4, 0.5) is 4.79 Å². The van der Waals surface area contributed by atoms with Gasteiger partial charge in [0, 0.05) is 38.4 Å². The SMILES string of the molecule is C=CC(=O)CCCSCCCN(CCOC(=O)NC1CC(C)(C)CC(C)(CCC(=O)OCCC[Si](O[Si](C)(C)C)(O[Si](C)(C)C)O[Si](C)(C)CCCC)C1)C(C)=O. The Hall–Kier alpha value is -1.28. The van der Waals surface area contributed by atoms with Crippen LogP contribution in [0.15, 0.2) is 12.7 Å². The minimum atomic E-state index is -3.03. The molecule has 2 amide bonds.